The van der Waals surface area contributed by atoms with Crippen LogP contribution < -0.4 is 4.90 Å². The Morgan fingerprint density at radius 2 is 1.25 bits per heavy atom. The van der Waals surface area contributed by atoms with Crippen molar-refractivity contribution in [2.24, 2.45) is 0 Å². The van der Waals surface area contributed by atoms with E-state index in [1.54, 1.807) is 11.3 Å². The lowest BCUT2D eigenvalue weighted by Crippen LogP contribution is -2.17. The molecule has 0 spiro atoms. The SMILES string of the molecule is CC1(C)c2cc(N(c3ccccc3)c3ccc4oc5ccccc5c4c3)ccc2-c2ccc3c(ccc4nc(-c5ccccc5)sc43)c21. The predicted molar refractivity (Wildman–Crippen MR) is 202 cm³/mol. The van der Waals surface area contributed by atoms with E-state index in [1.807, 2.05) is 12.1 Å². The molecule has 1 aliphatic carbocycles. The number of rotatable bonds is 4. The average Bonchev–Trinajstić information content (AvgIpc) is 3.80. The molecule has 0 fully saturated rings. The average molecular weight is 635 g/mol. The van der Waals surface area contributed by atoms with Crippen LogP contribution in [0.4, 0.5) is 17.1 Å². The maximum atomic E-state index is 6.19. The van der Waals surface area contributed by atoms with Gasteiger partial charge < -0.3 is 9.32 Å². The molecule has 9 aromatic rings. The van der Waals surface area contributed by atoms with E-state index in [2.05, 4.69) is 152 Å². The van der Waals surface area contributed by atoms with E-state index in [4.69, 9.17) is 9.40 Å². The van der Waals surface area contributed by atoms with Gasteiger partial charge in [-0.05, 0) is 82.2 Å². The summed E-state index contributed by atoms with van der Waals surface area (Å²) in [4.78, 5) is 7.40. The summed E-state index contributed by atoms with van der Waals surface area (Å²) in [6.07, 6.45) is 0. The van der Waals surface area contributed by atoms with Crippen molar-refractivity contribution in [2.45, 2.75) is 19.3 Å². The largest absolute Gasteiger partial charge is 0.456 e. The predicted octanol–water partition coefficient (Wildman–Crippen LogP) is 12.8. The summed E-state index contributed by atoms with van der Waals surface area (Å²) < 4.78 is 7.44. The van der Waals surface area contributed by atoms with Crippen LogP contribution in [0.25, 0.3) is 64.6 Å². The van der Waals surface area contributed by atoms with Crippen LogP contribution in [-0.4, -0.2) is 4.98 Å². The molecule has 0 bridgehead atoms. The Kier molecular flexibility index (Phi) is 5.79. The molecule has 2 aromatic heterocycles. The number of hydrogen-bond donors (Lipinski definition) is 0. The molecule has 0 atom stereocenters. The fourth-order valence-electron chi connectivity index (χ4n) is 7.83. The molecule has 7 aromatic carbocycles. The van der Waals surface area contributed by atoms with Crippen LogP contribution in [0.2, 0.25) is 0 Å². The van der Waals surface area contributed by atoms with Gasteiger partial charge in [0.05, 0.1) is 10.2 Å². The van der Waals surface area contributed by atoms with Crippen molar-refractivity contribution in [3.05, 3.63) is 157 Å². The lowest BCUT2D eigenvalue weighted by Gasteiger charge is -2.28. The second-order valence-electron chi connectivity index (χ2n) is 13.2. The second kappa shape index (κ2) is 10.1. The molecule has 1 aliphatic rings. The molecule has 0 amide bonds. The molecule has 0 unspecified atom stereocenters. The highest BCUT2D eigenvalue weighted by Crippen LogP contribution is 2.54. The van der Waals surface area contributed by atoms with E-state index in [9.17, 15) is 0 Å². The molecule has 4 heteroatoms. The van der Waals surface area contributed by atoms with Crippen LogP contribution >= 0.6 is 11.3 Å². The smallest absolute Gasteiger partial charge is 0.135 e. The maximum absolute atomic E-state index is 6.19. The van der Waals surface area contributed by atoms with Crippen molar-refractivity contribution in [1.29, 1.82) is 0 Å². The normalized spacial score (nSPS) is 13.4. The number of aromatic nitrogens is 1. The van der Waals surface area contributed by atoms with Crippen molar-refractivity contribution in [2.75, 3.05) is 4.90 Å². The molecule has 0 radical (unpaired) electrons. The molecule has 0 saturated heterocycles. The first kappa shape index (κ1) is 27.4. The van der Waals surface area contributed by atoms with Crippen molar-refractivity contribution < 1.29 is 4.42 Å². The van der Waals surface area contributed by atoms with Crippen LogP contribution in [0.1, 0.15) is 25.0 Å². The molecule has 3 nitrogen and oxygen atoms in total. The minimum Gasteiger partial charge on any atom is -0.456 e. The van der Waals surface area contributed by atoms with Gasteiger partial charge in [0.1, 0.15) is 16.2 Å². The lowest BCUT2D eigenvalue weighted by atomic mass is 9.80. The number of nitrogens with zero attached hydrogens (tertiary/aromatic N) is 2. The summed E-state index contributed by atoms with van der Waals surface area (Å²) in [5.74, 6) is 0. The van der Waals surface area contributed by atoms with Gasteiger partial charge in [0.25, 0.3) is 0 Å². The third-order valence-corrected chi connectivity index (χ3v) is 11.2. The quantitative estimate of drug-likeness (QED) is 0.193. The number of hydrogen-bond acceptors (Lipinski definition) is 4. The van der Waals surface area contributed by atoms with Crippen LogP contribution in [-0.2, 0) is 5.41 Å². The molecule has 2 heterocycles. The maximum Gasteiger partial charge on any atom is 0.135 e. The van der Waals surface area contributed by atoms with Gasteiger partial charge in [-0.25, -0.2) is 4.98 Å². The van der Waals surface area contributed by atoms with Crippen molar-refractivity contribution >= 4 is 71.3 Å². The van der Waals surface area contributed by atoms with Gasteiger partial charge in [-0.2, -0.15) is 0 Å². The second-order valence-corrected chi connectivity index (χ2v) is 14.2. The van der Waals surface area contributed by atoms with E-state index in [0.29, 0.717) is 0 Å². The fraction of sp³-hybridized carbons (Fsp3) is 0.0682. The minimum atomic E-state index is -0.201. The van der Waals surface area contributed by atoms with Crippen molar-refractivity contribution in [3.8, 4) is 21.7 Å². The monoisotopic (exact) mass is 634 g/mol. The first-order chi connectivity index (χ1) is 23.5. The zero-order chi connectivity index (χ0) is 32.0. The van der Waals surface area contributed by atoms with Gasteiger partial charge in [-0.1, -0.05) is 105 Å². The van der Waals surface area contributed by atoms with Gasteiger partial charge in [0, 0.05) is 44.2 Å². The summed E-state index contributed by atoms with van der Waals surface area (Å²) in [7, 11) is 0. The Labute approximate surface area is 282 Å². The summed E-state index contributed by atoms with van der Waals surface area (Å²) >= 11 is 1.79. The molecule has 10 rings (SSSR count). The lowest BCUT2D eigenvalue weighted by molar-refractivity contribution is 0.666. The third kappa shape index (κ3) is 3.96. The summed E-state index contributed by atoms with van der Waals surface area (Å²) in [6, 6.07) is 52.1. The van der Waals surface area contributed by atoms with Crippen LogP contribution in [0.15, 0.2) is 150 Å². The Balaban J connectivity index is 1.13. The Morgan fingerprint density at radius 1 is 0.562 bits per heavy atom. The molecular weight excluding hydrogens is 605 g/mol. The van der Waals surface area contributed by atoms with Gasteiger partial charge in [0.15, 0.2) is 0 Å². The molecule has 48 heavy (non-hydrogen) atoms. The Hall–Kier alpha value is -5.71. The topological polar surface area (TPSA) is 29.3 Å². The number of para-hydroxylation sites is 2. The van der Waals surface area contributed by atoms with Gasteiger partial charge in [0.2, 0.25) is 0 Å². The minimum absolute atomic E-state index is 0.201. The summed E-state index contributed by atoms with van der Waals surface area (Å²) in [5.41, 5.74) is 12.5. The zero-order valence-electron chi connectivity index (χ0n) is 26.6. The van der Waals surface area contributed by atoms with Crippen LogP contribution in [0.5, 0.6) is 0 Å². The van der Waals surface area contributed by atoms with Gasteiger partial charge in [-0.3, -0.25) is 0 Å². The van der Waals surface area contributed by atoms with Crippen LogP contribution in [0, 0.1) is 0 Å². The van der Waals surface area contributed by atoms with Crippen molar-refractivity contribution in [1.82, 2.24) is 4.98 Å². The highest BCUT2D eigenvalue weighted by atomic mass is 32.1. The number of thiazole rings is 1. The van der Waals surface area contributed by atoms with E-state index in [1.165, 1.54) is 37.7 Å². The number of fused-ring (bicyclic) bond motifs is 10. The van der Waals surface area contributed by atoms with Crippen molar-refractivity contribution in [3.63, 3.8) is 0 Å². The fourth-order valence-corrected chi connectivity index (χ4v) is 8.93. The van der Waals surface area contributed by atoms with E-state index in [0.717, 1.165) is 55.1 Å². The highest BCUT2D eigenvalue weighted by Gasteiger charge is 2.38. The summed E-state index contributed by atoms with van der Waals surface area (Å²) in [5, 5.41) is 5.90. The molecular formula is C44H30N2OS. The number of anilines is 3. The number of furan rings is 1. The Bertz CT molecular complexity index is 2700. The molecule has 0 saturated carbocycles. The molecule has 0 aliphatic heterocycles. The first-order valence-corrected chi connectivity index (χ1v) is 17.2. The number of benzene rings is 7. The standard InChI is InChI=1S/C44H30N2OS/c1-44(2)37-26-30(46(28-13-7-4-8-14-28)29-18-24-40-36(25-29)32-15-9-10-16-39(32)47-40)17-19-31(37)33-20-21-35-34(41(33)44)22-23-38-42(35)48-43(45-38)27-11-5-3-6-12-27/h3-26H,1-2H3. The van der Waals surface area contributed by atoms with Gasteiger partial charge in [-0.15, -0.1) is 11.3 Å². The third-order valence-electron chi connectivity index (χ3n) is 10.1. The highest BCUT2D eigenvalue weighted by molar-refractivity contribution is 7.22. The first-order valence-electron chi connectivity index (χ1n) is 16.4. The molecule has 228 valence electrons. The van der Waals surface area contributed by atoms with E-state index >= 15 is 0 Å². The zero-order valence-corrected chi connectivity index (χ0v) is 27.4. The van der Waals surface area contributed by atoms with Crippen LogP contribution in [0.3, 0.4) is 0 Å². The van der Waals surface area contributed by atoms with Gasteiger partial charge >= 0.3 is 0 Å². The van der Waals surface area contributed by atoms with E-state index in [-0.39, 0.29) is 5.41 Å². The van der Waals surface area contributed by atoms with E-state index < -0.39 is 0 Å². The summed E-state index contributed by atoms with van der Waals surface area (Å²) in [6.45, 7) is 4.76. The Morgan fingerprint density at radius 3 is 2.10 bits per heavy atom. The molecule has 0 N–H and O–H groups in total.